The van der Waals surface area contributed by atoms with E-state index in [0.29, 0.717) is 34.8 Å². The third kappa shape index (κ3) is 6.83. The van der Waals surface area contributed by atoms with E-state index >= 15 is 0 Å². The van der Waals surface area contributed by atoms with Crippen LogP contribution in [0.5, 0.6) is 5.75 Å². The van der Waals surface area contributed by atoms with E-state index in [2.05, 4.69) is 31.4 Å². The number of benzene rings is 2. The van der Waals surface area contributed by atoms with Gasteiger partial charge in [0, 0.05) is 20.4 Å². The van der Waals surface area contributed by atoms with Crippen LogP contribution in [0.3, 0.4) is 0 Å². The van der Waals surface area contributed by atoms with Crippen molar-refractivity contribution in [3.63, 3.8) is 0 Å². The Balaban J connectivity index is 1.62. The predicted molar refractivity (Wildman–Crippen MR) is 124 cm³/mol. The topological polar surface area (TPSA) is 72.8 Å². The van der Waals surface area contributed by atoms with E-state index in [1.165, 1.54) is 11.3 Å². The number of nitrogens with one attached hydrogen (secondary N) is 1. The van der Waals surface area contributed by atoms with Crippen molar-refractivity contribution in [2.75, 3.05) is 12.0 Å². The fraction of sp³-hybridized carbons (Fsp3) is 0.190. The van der Waals surface area contributed by atoms with Gasteiger partial charge in [-0.1, -0.05) is 39.7 Å². The van der Waals surface area contributed by atoms with Crippen molar-refractivity contribution in [3.05, 3.63) is 74.2 Å². The standard InChI is InChI=1S/C21H19BrClN3O3S/c1-2-28-20(27)10-18-13-30-21(25-18)26-24-11-15-9-16(22)5-8-19(15)29-12-14-3-6-17(23)7-4-14/h3-9,11,13H,2,10,12H2,1H3,(H,25,26). The number of anilines is 1. The Labute approximate surface area is 192 Å². The highest BCUT2D eigenvalue weighted by molar-refractivity contribution is 9.10. The van der Waals surface area contributed by atoms with Crippen molar-refractivity contribution < 1.29 is 14.3 Å². The van der Waals surface area contributed by atoms with Crippen LogP contribution < -0.4 is 10.2 Å². The van der Waals surface area contributed by atoms with Crippen molar-refractivity contribution in [3.8, 4) is 5.75 Å². The van der Waals surface area contributed by atoms with Crippen LogP contribution in [-0.4, -0.2) is 23.8 Å². The molecule has 3 aromatic rings. The van der Waals surface area contributed by atoms with Gasteiger partial charge in [-0.2, -0.15) is 5.10 Å². The summed E-state index contributed by atoms with van der Waals surface area (Å²) >= 11 is 10.8. The second-order valence-electron chi connectivity index (χ2n) is 6.09. The molecule has 0 amide bonds. The molecular formula is C21H19BrClN3O3S. The molecule has 0 fully saturated rings. The van der Waals surface area contributed by atoms with Crippen molar-refractivity contribution in [1.29, 1.82) is 0 Å². The van der Waals surface area contributed by atoms with E-state index in [9.17, 15) is 4.79 Å². The lowest BCUT2D eigenvalue weighted by atomic mass is 10.2. The molecule has 0 bridgehead atoms. The monoisotopic (exact) mass is 507 g/mol. The molecular weight excluding hydrogens is 490 g/mol. The number of thiazole rings is 1. The number of ether oxygens (including phenoxy) is 2. The first-order valence-electron chi connectivity index (χ1n) is 9.09. The van der Waals surface area contributed by atoms with Gasteiger partial charge < -0.3 is 9.47 Å². The molecule has 0 spiro atoms. The number of carbonyl (C=O) groups excluding carboxylic acids is 1. The van der Waals surface area contributed by atoms with Gasteiger partial charge in [-0.05, 0) is 42.8 Å². The van der Waals surface area contributed by atoms with Gasteiger partial charge in [0.25, 0.3) is 0 Å². The third-order valence-corrected chi connectivity index (χ3v) is 5.37. The lowest BCUT2D eigenvalue weighted by Crippen LogP contribution is -2.07. The van der Waals surface area contributed by atoms with Crippen LogP contribution in [0.1, 0.15) is 23.7 Å². The van der Waals surface area contributed by atoms with E-state index in [4.69, 9.17) is 21.1 Å². The molecule has 0 radical (unpaired) electrons. The number of hydrogen-bond donors (Lipinski definition) is 1. The van der Waals surface area contributed by atoms with Crippen LogP contribution in [0.15, 0.2) is 57.4 Å². The molecule has 156 valence electrons. The molecule has 0 aliphatic heterocycles. The minimum Gasteiger partial charge on any atom is -0.488 e. The zero-order chi connectivity index (χ0) is 21.3. The van der Waals surface area contributed by atoms with Gasteiger partial charge >= 0.3 is 5.97 Å². The number of rotatable bonds is 9. The third-order valence-electron chi connectivity index (χ3n) is 3.83. The Kier molecular flexibility index (Phi) is 8.24. The highest BCUT2D eigenvalue weighted by atomic mass is 79.9. The van der Waals surface area contributed by atoms with Crippen LogP contribution in [0.2, 0.25) is 5.02 Å². The van der Waals surface area contributed by atoms with Crippen LogP contribution in [0.25, 0.3) is 0 Å². The number of hydrogen-bond acceptors (Lipinski definition) is 7. The molecule has 0 saturated heterocycles. The molecule has 0 aliphatic rings. The zero-order valence-corrected chi connectivity index (χ0v) is 19.3. The Morgan fingerprint density at radius 3 is 2.87 bits per heavy atom. The molecule has 0 aliphatic carbocycles. The fourth-order valence-electron chi connectivity index (χ4n) is 2.45. The molecule has 9 heteroatoms. The first kappa shape index (κ1) is 22.3. The van der Waals surface area contributed by atoms with E-state index < -0.39 is 0 Å². The summed E-state index contributed by atoms with van der Waals surface area (Å²) in [6.07, 6.45) is 1.80. The molecule has 0 saturated carbocycles. The molecule has 1 heterocycles. The van der Waals surface area contributed by atoms with Crippen LogP contribution in [-0.2, 0) is 22.6 Å². The van der Waals surface area contributed by atoms with Crippen LogP contribution in [0, 0.1) is 0 Å². The number of esters is 1. The summed E-state index contributed by atoms with van der Waals surface area (Å²) in [6.45, 7) is 2.54. The Hall–Kier alpha value is -2.42. The van der Waals surface area contributed by atoms with E-state index in [0.717, 1.165) is 15.6 Å². The van der Waals surface area contributed by atoms with Gasteiger partial charge in [-0.15, -0.1) is 11.3 Å². The summed E-state index contributed by atoms with van der Waals surface area (Å²) in [4.78, 5) is 15.9. The summed E-state index contributed by atoms with van der Waals surface area (Å²) in [6, 6.07) is 13.2. The summed E-state index contributed by atoms with van der Waals surface area (Å²) in [5.41, 5.74) is 5.34. The van der Waals surface area contributed by atoms with Crippen molar-refractivity contribution >= 4 is 56.2 Å². The van der Waals surface area contributed by atoms with Gasteiger partial charge in [0.2, 0.25) is 5.13 Å². The maximum Gasteiger partial charge on any atom is 0.311 e. The van der Waals surface area contributed by atoms with Crippen LogP contribution in [0.4, 0.5) is 5.13 Å². The van der Waals surface area contributed by atoms with Crippen molar-refractivity contribution in [1.82, 2.24) is 4.98 Å². The van der Waals surface area contributed by atoms with Crippen molar-refractivity contribution in [2.45, 2.75) is 20.0 Å². The second kappa shape index (κ2) is 11.1. The normalized spacial score (nSPS) is 10.9. The highest BCUT2D eigenvalue weighted by Gasteiger charge is 2.08. The minimum atomic E-state index is -0.297. The van der Waals surface area contributed by atoms with Gasteiger partial charge in [0.05, 0.1) is 24.9 Å². The lowest BCUT2D eigenvalue weighted by Gasteiger charge is -2.10. The van der Waals surface area contributed by atoms with Crippen LogP contribution >= 0.6 is 38.9 Å². The zero-order valence-electron chi connectivity index (χ0n) is 16.1. The lowest BCUT2D eigenvalue weighted by molar-refractivity contribution is -0.142. The number of carbonyl (C=O) groups is 1. The molecule has 2 aromatic carbocycles. The summed E-state index contributed by atoms with van der Waals surface area (Å²) in [7, 11) is 0. The first-order valence-corrected chi connectivity index (χ1v) is 11.1. The summed E-state index contributed by atoms with van der Waals surface area (Å²) < 4.78 is 11.8. The average molecular weight is 509 g/mol. The van der Waals surface area contributed by atoms with Gasteiger partial charge in [0.15, 0.2) is 0 Å². The predicted octanol–water partition coefficient (Wildman–Crippen LogP) is 5.69. The fourth-order valence-corrected chi connectivity index (χ4v) is 3.61. The second-order valence-corrected chi connectivity index (χ2v) is 8.30. The highest BCUT2D eigenvalue weighted by Crippen LogP contribution is 2.23. The minimum absolute atomic E-state index is 0.143. The largest absolute Gasteiger partial charge is 0.488 e. The van der Waals surface area contributed by atoms with E-state index in [1.807, 2.05) is 42.5 Å². The number of halogens is 2. The molecule has 6 nitrogen and oxygen atoms in total. The molecule has 30 heavy (non-hydrogen) atoms. The Morgan fingerprint density at radius 1 is 1.30 bits per heavy atom. The summed E-state index contributed by atoms with van der Waals surface area (Å²) in [5, 5.41) is 7.32. The van der Waals surface area contributed by atoms with Gasteiger partial charge in [0.1, 0.15) is 12.4 Å². The van der Waals surface area contributed by atoms with Crippen molar-refractivity contribution in [2.24, 2.45) is 5.10 Å². The molecule has 3 rings (SSSR count). The Bertz CT molecular complexity index is 1020. The molecule has 1 N–H and O–H groups in total. The molecule has 0 atom stereocenters. The van der Waals surface area contributed by atoms with Gasteiger partial charge in [-0.25, -0.2) is 4.98 Å². The number of hydrazone groups is 1. The molecule has 1 aromatic heterocycles. The van der Waals surface area contributed by atoms with Gasteiger partial charge in [-0.3, -0.25) is 10.2 Å². The smallest absolute Gasteiger partial charge is 0.311 e. The maximum atomic E-state index is 11.5. The summed E-state index contributed by atoms with van der Waals surface area (Å²) in [5.74, 6) is 0.398. The SMILES string of the molecule is CCOC(=O)Cc1csc(NN=Cc2cc(Br)ccc2OCc2ccc(Cl)cc2)n1. The number of aromatic nitrogens is 1. The van der Waals surface area contributed by atoms with E-state index in [-0.39, 0.29) is 12.4 Å². The number of nitrogens with zero attached hydrogens (tertiary/aromatic N) is 2. The maximum absolute atomic E-state index is 11.5. The molecule has 0 unspecified atom stereocenters. The Morgan fingerprint density at radius 2 is 2.10 bits per heavy atom. The first-order chi connectivity index (χ1) is 14.5. The quantitative estimate of drug-likeness (QED) is 0.228. The van der Waals surface area contributed by atoms with E-state index in [1.54, 1.807) is 18.5 Å². The average Bonchev–Trinajstić information content (AvgIpc) is 3.16.